The molecule has 14 heavy (non-hydrogen) atoms. The molecule has 0 aliphatic heterocycles. The summed E-state index contributed by atoms with van der Waals surface area (Å²) in [6.45, 7) is 1.08. The lowest BCUT2D eigenvalue weighted by Gasteiger charge is -2.01. The lowest BCUT2D eigenvalue weighted by atomic mass is 10.3. The van der Waals surface area contributed by atoms with Gasteiger partial charge in [-0.25, -0.2) is 0 Å². The van der Waals surface area contributed by atoms with Crippen LogP contribution in [0.3, 0.4) is 0 Å². The number of ether oxygens (including phenoxy) is 2. The minimum Gasteiger partial charge on any atom is -0.382 e. The van der Waals surface area contributed by atoms with E-state index in [1.165, 1.54) is 11.3 Å². The molecular weight excluding hydrogens is 268 g/mol. The predicted molar refractivity (Wildman–Crippen MR) is 59.0 cm³/mol. The molecule has 0 saturated carbocycles. The van der Waals surface area contributed by atoms with Crippen LogP contribution in [-0.2, 0) is 9.47 Å². The SMILES string of the molecule is COCCOCC(=O)c1sccc1Br. The maximum Gasteiger partial charge on any atom is 0.199 e. The molecule has 0 amide bonds. The predicted octanol–water partition coefficient (Wildman–Crippen LogP) is 2.36. The molecule has 0 radical (unpaired) electrons. The molecule has 1 heterocycles. The second kappa shape index (κ2) is 6.29. The zero-order valence-corrected chi connectivity index (χ0v) is 10.2. The van der Waals surface area contributed by atoms with E-state index < -0.39 is 0 Å². The number of thiophene rings is 1. The molecule has 1 aromatic heterocycles. The molecule has 0 aromatic carbocycles. The highest BCUT2D eigenvalue weighted by Gasteiger charge is 2.10. The highest BCUT2D eigenvalue weighted by Crippen LogP contribution is 2.22. The van der Waals surface area contributed by atoms with Crippen molar-refractivity contribution in [1.29, 1.82) is 0 Å². The van der Waals surface area contributed by atoms with E-state index >= 15 is 0 Å². The second-order valence-electron chi connectivity index (χ2n) is 2.57. The highest BCUT2D eigenvalue weighted by molar-refractivity contribution is 9.10. The van der Waals surface area contributed by atoms with Gasteiger partial charge < -0.3 is 9.47 Å². The van der Waals surface area contributed by atoms with Crippen LogP contribution in [0, 0.1) is 0 Å². The van der Waals surface area contributed by atoms with Crippen LogP contribution < -0.4 is 0 Å². The van der Waals surface area contributed by atoms with Crippen molar-refractivity contribution in [3.8, 4) is 0 Å². The number of rotatable bonds is 6. The maximum atomic E-state index is 11.5. The molecule has 0 aliphatic rings. The van der Waals surface area contributed by atoms with Gasteiger partial charge in [0.1, 0.15) is 6.61 Å². The topological polar surface area (TPSA) is 35.5 Å². The summed E-state index contributed by atoms with van der Waals surface area (Å²) in [5, 5.41) is 1.87. The van der Waals surface area contributed by atoms with Crippen molar-refractivity contribution in [2.24, 2.45) is 0 Å². The monoisotopic (exact) mass is 278 g/mol. The van der Waals surface area contributed by atoms with Gasteiger partial charge in [0.05, 0.1) is 18.1 Å². The number of hydrogen-bond acceptors (Lipinski definition) is 4. The Morgan fingerprint density at radius 2 is 2.36 bits per heavy atom. The van der Waals surface area contributed by atoms with Crippen molar-refractivity contribution in [2.45, 2.75) is 0 Å². The Kier molecular flexibility index (Phi) is 5.32. The summed E-state index contributed by atoms with van der Waals surface area (Å²) in [6, 6.07) is 1.85. The number of ketones is 1. The first-order chi connectivity index (χ1) is 6.75. The smallest absolute Gasteiger partial charge is 0.199 e. The molecule has 0 unspecified atom stereocenters. The van der Waals surface area contributed by atoms with Crippen LogP contribution in [0.1, 0.15) is 9.67 Å². The number of hydrogen-bond donors (Lipinski definition) is 0. The van der Waals surface area contributed by atoms with Crippen LogP contribution >= 0.6 is 27.3 Å². The molecule has 0 N–H and O–H groups in total. The summed E-state index contributed by atoms with van der Waals surface area (Å²) in [5.41, 5.74) is 0. The van der Waals surface area contributed by atoms with Crippen LogP contribution in [0.2, 0.25) is 0 Å². The fourth-order valence-electron chi connectivity index (χ4n) is 0.865. The zero-order chi connectivity index (χ0) is 10.4. The van der Waals surface area contributed by atoms with E-state index in [4.69, 9.17) is 9.47 Å². The van der Waals surface area contributed by atoms with Gasteiger partial charge in [-0.05, 0) is 27.4 Å². The molecule has 0 saturated heterocycles. The highest BCUT2D eigenvalue weighted by atomic mass is 79.9. The Bertz CT molecular complexity index is 298. The Hall–Kier alpha value is -0.230. The Balaban J connectivity index is 2.32. The van der Waals surface area contributed by atoms with Gasteiger partial charge in [0.2, 0.25) is 0 Å². The molecule has 5 heteroatoms. The van der Waals surface area contributed by atoms with E-state index in [9.17, 15) is 4.79 Å². The van der Waals surface area contributed by atoms with Crippen molar-refractivity contribution in [2.75, 3.05) is 26.9 Å². The van der Waals surface area contributed by atoms with E-state index in [0.717, 1.165) is 4.47 Å². The molecule has 78 valence electrons. The van der Waals surface area contributed by atoms with Crippen LogP contribution in [0.4, 0.5) is 0 Å². The number of carbonyl (C=O) groups is 1. The molecule has 0 bridgehead atoms. The van der Waals surface area contributed by atoms with E-state index in [2.05, 4.69) is 15.9 Å². The van der Waals surface area contributed by atoms with Gasteiger partial charge in [0, 0.05) is 11.6 Å². The van der Waals surface area contributed by atoms with Crippen molar-refractivity contribution >= 4 is 33.0 Å². The van der Waals surface area contributed by atoms with Gasteiger partial charge in [0.15, 0.2) is 5.78 Å². The van der Waals surface area contributed by atoms with Crippen molar-refractivity contribution in [3.63, 3.8) is 0 Å². The third-order valence-electron chi connectivity index (χ3n) is 1.54. The summed E-state index contributed by atoms with van der Waals surface area (Å²) in [5.74, 6) is 0.00276. The summed E-state index contributed by atoms with van der Waals surface area (Å²) >= 11 is 4.71. The van der Waals surface area contributed by atoms with Gasteiger partial charge in [-0.15, -0.1) is 11.3 Å². The van der Waals surface area contributed by atoms with Gasteiger partial charge in [-0.1, -0.05) is 0 Å². The first-order valence-electron chi connectivity index (χ1n) is 4.08. The Morgan fingerprint density at radius 3 is 2.93 bits per heavy atom. The number of methoxy groups -OCH3 is 1. The first kappa shape index (κ1) is 11.8. The van der Waals surface area contributed by atoms with Crippen molar-refractivity contribution in [3.05, 3.63) is 20.8 Å². The molecule has 0 aliphatic carbocycles. The molecule has 0 atom stereocenters. The standard InChI is InChI=1S/C9H11BrO3S/c1-12-3-4-13-6-8(11)9-7(10)2-5-14-9/h2,5H,3-4,6H2,1H3. The van der Waals surface area contributed by atoms with Gasteiger partial charge in [0.25, 0.3) is 0 Å². The third kappa shape index (κ3) is 3.49. The van der Waals surface area contributed by atoms with Crippen LogP contribution in [0.5, 0.6) is 0 Å². The van der Waals surface area contributed by atoms with Crippen LogP contribution in [0.15, 0.2) is 15.9 Å². The molecule has 1 aromatic rings. The number of Topliss-reactive ketones (excluding diaryl/α,β-unsaturated/α-hetero) is 1. The number of carbonyl (C=O) groups excluding carboxylic acids is 1. The lowest BCUT2D eigenvalue weighted by molar-refractivity contribution is 0.0579. The normalized spacial score (nSPS) is 10.4. The maximum absolute atomic E-state index is 11.5. The number of halogens is 1. The quantitative estimate of drug-likeness (QED) is 0.592. The minimum absolute atomic E-state index is 0.00276. The third-order valence-corrected chi connectivity index (χ3v) is 3.41. The first-order valence-corrected chi connectivity index (χ1v) is 5.76. The van der Waals surface area contributed by atoms with E-state index in [1.807, 2.05) is 11.4 Å². The molecule has 1 rings (SSSR count). The largest absolute Gasteiger partial charge is 0.382 e. The lowest BCUT2D eigenvalue weighted by Crippen LogP contribution is -2.11. The summed E-state index contributed by atoms with van der Waals surface area (Å²) in [7, 11) is 1.60. The van der Waals surface area contributed by atoms with E-state index in [1.54, 1.807) is 7.11 Å². The zero-order valence-electron chi connectivity index (χ0n) is 7.79. The van der Waals surface area contributed by atoms with Crippen molar-refractivity contribution < 1.29 is 14.3 Å². The summed E-state index contributed by atoms with van der Waals surface area (Å²) in [6.07, 6.45) is 0. The second-order valence-corrected chi connectivity index (χ2v) is 4.34. The Labute approximate surface area is 95.2 Å². The van der Waals surface area contributed by atoms with E-state index in [0.29, 0.717) is 18.1 Å². The molecule has 0 fully saturated rings. The fraction of sp³-hybridized carbons (Fsp3) is 0.444. The van der Waals surface area contributed by atoms with Gasteiger partial charge in [-0.3, -0.25) is 4.79 Å². The summed E-state index contributed by atoms with van der Waals surface area (Å²) < 4.78 is 10.8. The summed E-state index contributed by atoms with van der Waals surface area (Å²) in [4.78, 5) is 12.2. The van der Waals surface area contributed by atoms with Crippen LogP contribution in [0.25, 0.3) is 0 Å². The average Bonchev–Trinajstić information content (AvgIpc) is 2.59. The van der Waals surface area contributed by atoms with E-state index in [-0.39, 0.29) is 12.4 Å². The average molecular weight is 279 g/mol. The Morgan fingerprint density at radius 1 is 1.57 bits per heavy atom. The minimum atomic E-state index is 0.00276. The molecule has 3 nitrogen and oxygen atoms in total. The van der Waals surface area contributed by atoms with Gasteiger partial charge in [-0.2, -0.15) is 0 Å². The molecular formula is C9H11BrO3S. The van der Waals surface area contributed by atoms with Crippen LogP contribution in [-0.4, -0.2) is 32.7 Å². The molecule has 0 spiro atoms. The van der Waals surface area contributed by atoms with Gasteiger partial charge >= 0.3 is 0 Å². The fourth-order valence-corrected chi connectivity index (χ4v) is 2.39. The van der Waals surface area contributed by atoms with Crippen molar-refractivity contribution in [1.82, 2.24) is 0 Å².